The number of rotatable bonds is 10. The Morgan fingerprint density at radius 3 is 2.57 bits per heavy atom. The molecular weight excluding hydrogens is 468 g/mol. The predicted octanol–water partition coefficient (Wildman–Crippen LogP) is 2.82. The Balaban J connectivity index is 1.42. The van der Waals surface area contributed by atoms with Gasteiger partial charge in [-0.2, -0.15) is 0 Å². The van der Waals surface area contributed by atoms with Crippen LogP contribution in [-0.4, -0.2) is 49.2 Å². The minimum Gasteiger partial charge on any atom is -0.384 e. The van der Waals surface area contributed by atoms with Crippen LogP contribution in [0.1, 0.15) is 18.7 Å². The highest BCUT2D eigenvalue weighted by molar-refractivity contribution is 7.90. The Labute approximate surface area is 203 Å². The summed E-state index contributed by atoms with van der Waals surface area (Å²) < 4.78 is 33.9. The maximum absolute atomic E-state index is 12.3. The van der Waals surface area contributed by atoms with E-state index in [2.05, 4.69) is 14.9 Å². The van der Waals surface area contributed by atoms with Gasteiger partial charge in [-0.3, -0.25) is 0 Å². The minimum atomic E-state index is -3.91. The number of amides is 2. The summed E-state index contributed by atoms with van der Waals surface area (Å²) in [5, 5.41) is 3.58. The van der Waals surface area contributed by atoms with E-state index in [-0.39, 0.29) is 4.90 Å². The van der Waals surface area contributed by atoms with E-state index in [1.807, 2.05) is 29.0 Å². The fourth-order valence-corrected chi connectivity index (χ4v) is 4.89. The molecule has 2 aromatic heterocycles. The molecule has 0 radical (unpaired) electrons. The summed E-state index contributed by atoms with van der Waals surface area (Å²) in [6.07, 6.45) is 1.99. The van der Waals surface area contributed by atoms with Crippen molar-refractivity contribution in [1.29, 1.82) is 0 Å². The number of urea groups is 1. The number of hydrogen-bond donors (Lipinski definition) is 3. The number of aromatic nitrogens is 3. The van der Waals surface area contributed by atoms with Crippen molar-refractivity contribution in [3.63, 3.8) is 0 Å². The number of ether oxygens (including phenoxy) is 1. The number of anilines is 1. The van der Waals surface area contributed by atoms with Crippen molar-refractivity contribution in [2.75, 3.05) is 26.0 Å². The first kappa shape index (κ1) is 24.4. The number of para-hydroxylation sites is 1. The molecule has 11 heteroatoms. The number of imidazole rings is 1. The number of nitrogens with one attached hydrogen (secondary N) is 2. The number of carbonyl (C=O) groups is 1. The third-order valence-electron chi connectivity index (χ3n) is 5.59. The van der Waals surface area contributed by atoms with E-state index in [0.29, 0.717) is 43.9 Å². The molecule has 10 nitrogen and oxygen atoms in total. The van der Waals surface area contributed by atoms with Gasteiger partial charge in [0.1, 0.15) is 11.3 Å². The van der Waals surface area contributed by atoms with Gasteiger partial charge in [-0.15, -0.1) is 0 Å². The number of pyridine rings is 1. The van der Waals surface area contributed by atoms with Gasteiger partial charge in [0, 0.05) is 32.0 Å². The van der Waals surface area contributed by atoms with Crippen molar-refractivity contribution in [3.8, 4) is 0 Å². The molecule has 0 unspecified atom stereocenters. The van der Waals surface area contributed by atoms with Crippen LogP contribution in [-0.2, 0) is 27.7 Å². The summed E-state index contributed by atoms with van der Waals surface area (Å²) in [6.45, 7) is 1.49. The number of carbonyl (C=O) groups excluding carboxylic acids is 1. The summed E-state index contributed by atoms with van der Waals surface area (Å²) in [5.41, 5.74) is 8.61. The summed E-state index contributed by atoms with van der Waals surface area (Å²) in [7, 11) is -2.26. The molecule has 2 aromatic carbocycles. The van der Waals surface area contributed by atoms with Gasteiger partial charge in [0.05, 0.1) is 22.5 Å². The van der Waals surface area contributed by atoms with Gasteiger partial charge in [-0.1, -0.05) is 36.4 Å². The van der Waals surface area contributed by atoms with Gasteiger partial charge in [-0.25, -0.2) is 27.9 Å². The zero-order valence-electron chi connectivity index (χ0n) is 19.4. The van der Waals surface area contributed by atoms with Crippen LogP contribution in [0.3, 0.4) is 0 Å². The van der Waals surface area contributed by atoms with Gasteiger partial charge >= 0.3 is 6.03 Å². The van der Waals surface area contributed by atoms with Crippen LogP contribution in [0.2, 0.25) is 0 Å². The van der Waals surface area contributed by atoms with Crippen molar-refractivity contribution >= 4 is 43.8 Å². The molecule has 4 rings (SSSR count). The maximum atomic E-state index is 12.3. The highest BCUT2D eigenvalue weighted by Gasteiger charge is 2.18. The lowest BCUT2D eigenvalue weighted by atomic mass is 10.2. The summed E-state index contributed by atoms with van der Waals surface area (Å²) in [4.78, 5) is 21.4. The minimum absolute atomic E-state index is 0.0340. The number of methoxy groups -OCH3 is 1. The van der Waals surface area contributed by atoms with Gasteiger partial charge in [0.2, 0.25) is 0 Å². The van der Waals surface area contributed by atoms with Gasteiger partial charge < -0.3 is 20.4 Å². The third kappa shape index (κ3) is 5.52. The van der Waals surface area contributed by atoms with Crippen LogP contribution >= 0.6 is 0 Å². The fraction of sp³-hybridized carbons (Fsp3) is 0.292. The second-order valence-electron chi connectivity index (χ2n) is 8.02. The van der Waals surface area contributed by atoms with Crippen molar-refractivity contribution in [2.24, 2.45) is 0 Å². The maximum Gasteiger partial charge on any atom is 0.328 e. The molecule has 0 aliphatic rings. The van der Waals surface area contributed by atoms with E-state index in [1.165, 1.54) is 12.1 Å². The van der Waals surface area contributed by atoms with E-state index in [0.717, 1.165) is 28.7 Å². The molecule has 0 saturated carbocycles. The highest BCUT2D eigenvalue weighted by atomic mass is 32.2. The lowest BCUT2D eigenvalue weighted by Gasteiger charge is -2.12. The van der Waals surface area contributed by atoms with E-state index >= 15 is 0 Å². The highest BCUT2D eigenvalue weighted by Crippen LogP contribution is 2.29. The molecule has 0 saturated heterocycles. The number of sulfonamides is 1. The number of fused-ring (bicyclic) bond motifs is 3. The number of aryl methyl sites for hydroxylation is 1. The quantitative estimate of drug-likeness (QED) is 0.287. The number of benzene rings is 2. The normalized spacial score (nSPS) is 11.7. The molecule has 0 atom stereocenters. The van der Waals surface area contributed by atoms with Crippen LogP contribution in [0.15, 0.2) is 59.5 Å². The Kier molecular flexibility index (Phi) is 7.47. The molecule has 0 fully saturated rings. The third-order valence-corrected chi connectivity index (χ3v) is 6.94. The molecule has 0 spiro atoms. The largest absolute Gasteiger partial charge is 0.384 e. The number of unbranched alkanes of at least 4 members (excludes halogenated alkanes) is 1. The van der Waals surface area contributed by atoms with Gasteiger partial charge in [0.25, 0.3) is 10.0 Å². The zero-order valence-corrected chi connectivity index (χ0v) is 20.2. The van der Waals surface area contributed by atoms with Crippen LogP contribution in [0.25, 0.3) is 21.9 Å². The molecule has 0 aliphatic heterocycles. The first-order valence-electron chi connectivity index (χ1n) is 11.3. The number of nitrogens with zero attached hydrogens (tertiary/aromatic N) is 3. The average Bonchev–Trinajstić information content (AvgIpc) is 3.22. The second kappa shape index (κ2) is 10.7. The Morgan fingerprint density at radius 2 is 1.80 bits per heavy atom. The Morgan fingerprint density at radius 1 is 1.06 bits per heavy atom. The first-order chi connectivity index (χ1) is 16.9. The first-order valence-corrected chi connectivity index (χ1v) is 12.8. The zero-order chi connectivity index (χ0) is 24.8. The monoisotopic (exact) mass is 496 g/mol. The predicted molar refractivity (Wildman–Crippen MR) is 134 cm³/mol. The molecule has 2 amide bonds. The van der Waals surface area contributed by atoms with E-state index in [9.17, 15) is 13.2 Å². The Hall–Kier alpha value is -3.70. The van der Waals surface area contributed by atoms with Crippen molar-refractivity contribution < 1.29 is 17.9 Å². The van der Waals surface area contributed by atoms with E-state index in [1.54, 1.807) is 25.3 Å². The standard InChI is InChI=1S/C24H28N6O4S/c1-34-16-13-20-28-21-22(18-11-5-6-12-19(18)27-23(21)25)30(20)15-8-7-14-26-24(31)29-35(32,33)17-9-3-2-4-10-17/h2-6,9-12H,7-8,13-16H2,1H3,(H2,25,27)(H2,26,29,31). The number of hydrogen-bond acceptors (Lipinski definition) is 7. The van der Waals surface area contributed by atoms with E-state index < -0.39 is 16.1 Å². The van der Waals surface area contributed by atoms with Crippen LogP contribution < -0.4 is 15.8 Å². The second-order valence-corrected chi connectivity index (χ2v) is 9.70. The summed E-state index contributed by atoms with van der Waals surface area (Å²) in [6, 6.07) is 14.8. The lowest BCUT2D eigenvalue weighted by molar-refractivity contribution is 0.199. The SMILES string of the molecule is COCCc1nc2c(N)nc3ccccc3c2n1CCCCNC(=O)NS(=O)(=O)c1ccccc1. The van der Waals surface area contributed by atoms with Gasteiger partial charge in [-0.05, 0) is 31.0 Å². The molecule has 0 bridgehead atoms. The topological polar surface area (TPSA) is 141 Å². The average molecular weight is 497 g/mol. The fourth-order valence-electron chi connectivity index (χ4n) is 3.94. The van der Waals surface area contributed by atoms with Crippen molar-refractivity contribution in [1.82, 2.24) is 24.6 Å². The molecule has 4 N–H and O–H groups in total. The smallest absolute Gasteiger partial charge is 0.328 e. The number of nitrogens with two attached hydrogens (primary N) is 1. The van der Waals surface area contributed by atoms with Crippen LogP contribution in [0.4, 0.5) is 10.6 Å². The van der Waals surface area contributed by atoms with Crippen LogP contribution in [0, 0.1) is 0 Å². The molecular formula is C24H28N6O4S. The summed E-state index contributed by atoms with van der Waals surface area (Å²) in [5.74, 6) is 1.24. The van der Waals surface area contributed by atoms with Crippen LogP contribution in [0.5, 0.6) is 0 Å². The van der Waals surface area contributed by atoms with Crippen molar-refractivity contribution in [3.05, 3.63) is 60.4 Å². The molecule has 0 aliphatic carbocycles. The molecule has 35 heavy (non-hydrogen) atoms. The van der Waals surface area contributed by atoms with E-state index in [4.69, 9.17) is 15.5 Å². The molecule has 184 valence electrons. The lowest BCUT2D eigenvalue weighted by Crippen LogP contribution is -2.39. The Bertz CT molecular complexity index is 1440. The van der Waals surface area contributed by atoms with Gasteiger partial charge in [0.15, 0.2) is 5.82 Å². The van der Waals surface area contributed by atoms with Crippen molar-refractivity contribution in [2.45, 2.75) is 30.7 Å². The number of nitrogen functional groups attached to an aromatic ring is 1. The molecule has 4 aromatic rings. The summed E-state index contributed by atoms with van der Waals surface area (Å²) >= 11 is 0. The molecule has 2 heterocycles.